The van der Waals surface area contributed by atoms with Gasteiger partial charge in [-0.05, 0) is 24.3 Å². The summed E-state index contributed by atoms with van der Waals surface area (Å²) in [6.45, 7) is 0. The molecule has 1 aromatic carbocycles. The molecule has 0 radical (unpaired) electrons. The molecule has 2 rings (SSSR count). The van der Waals surface area contributed by atoms with Crippen molar-refractivity contribution >= 4 is 44.9 Å². The van der Waals surface area contributed by atoms with Crippen molar-refractivity contribution in [3.05, 3.63) is 51.7 Å². The second-order valence-corrected chi connectivity index (χ2v) is 4.80. The lowest BCUT2D eigenvalue weighted by Gasteiger charge is -2.10. The van der Waals surface area contributed by atoms with Gasteiger partial charge < -0.3 is 10.4 Å². The van der Waals surface area contributed by atoms with Crippen LogP contribution in [0.15, 0.2) is 41.1 Å². The summed E-state index contributed by atoms with van der Waals surface area (Å²) in [6, 6.07) is 6.88. The minimum Gasteiger partial charge on any atom is -0.478 e. The molecule has 0 bridgehead atoms. The van der Waals surface area contributed by atoms with Gasteiger partial charge in [-0.15, -0.1) is 0 Å². The van der Waals surface area contributed by atoms with Crippen LogP contribution in [0.4, 0.5) is 11.4 Å². The highest BCUT2D eigenvalue weighted by Gasteiger charge is 2.11. The molecule has 2 aromatic rings. The highest BCUT2D eigenvalue weighted by atomic mass is 79.9. The monoisotopic (exact) mass is 326 g/mol. The fourth-order valence-corrected chi connectivity index (χ4v) is 1.94. The predicted molar refractivity (Wildman–Crippen MR) is 73.6 cm³/mol. The third-order valence-corrected chi connectivity index (χ3v) is 3.07. The standard InChI is InChI=1S/C12H8BrClN2O2/c13-7-1-2-9(14)11(5-7)16-10-3-4-15-6-8(10)12(17)18/h1-6H,(H,15,16)(H,17,18). The van der Waals surface area contributed by atoms with Crippen molar-refractivity contribution in [1.82, 2.24) is 4.98 Å². The van der Waals surface area contributed by atoms with E-state index in [-0.39, 0.29) is 5.56 Å². The maximum Gasteiger partial charge on any atom is 0.339 e. The van der Waals surface area contributed by atoms with Gasteiger partial charge in [-0.25, -0.2) is 4.79 Å². The van der Waals surface area contributed by atoms with E-state index in [4.69, 9.17) is 16.7 Å². The minimum atomic E-state index is -1.04. The lowest BCUT2D eigenvalue weighted by Crippen LogP contribution is -2.03. The molecule has 18 heavy (non-hydrogen) atoms. The summed E-state index contributed by atoms with van der Waals surface area (Å²) < 4.78 is 0.848. The molecule has 0 fully saturated rings. The second kappa shape index (κ2) is 5.37. The molecule has 0 aliphatic carbocycles. The molecule has 0 unspecified atom stereocenters. The highest BCUT2D eigenvalue weighted by molar-refractivity contribution is 9.10. The largest absolute Gasteiger partial charge is 0.478 e. The van der Waals surface area contributed by atoms with Crippen LogP contribution in [-0.2, 0) is 0 Å². The number of anilines is 2. The average molecular weight is 328 g/mol. The zero-order valence-corrected chi connectivity index (χ0v) is 11.4. The Morgan fingerprint density at radius 3 is 2.83 bits per heavy atom. The molecule has 1 heterocycles. The minimum absolute atomic E-state index is 0.0912. The van der Waals surface area contributed by atoms with Gasteiger partial charge in [0.25, 0.3) is 0 Å². The first kappa shape index (κ1) is 12.9. The van der Waals surface area contributed by atoms with Crippen LogP contribution >= 0.6 is 27.5 Å². The molecule has 0 amide bonds. The van der Waals surface area contributed by atoms with Gasteiger partial charge in [0.05, 0.1) is 16.4 Å². The van der Waals surface area contributed by atoms with E-state index in [1.165, 1.54) is 12.4 Å². The number of nitrogens with one attached hydrogen (secondary N) is 1. The number of aromatic nitrogens is 1. The van der Waals surface area contributed by atoms with Crippen LogP contribution in [0.2, 0.25) is 5.02 Å². The summed E-state index contributed by atoms with van der Waals surface area (Å²) in [5.41, 5.74) is 1.16. The summed E-state index contributed by atoms with van der Waals surface area (Å²) in [6.07, 6.45) is 2.80. The first-order valence-electron chi connectivity index (χ1n) is 4.97. The van der Waals surface area contributed by atoms with Gasteiger partial charge in [0.2, 0.25) is 0 Å². The molecular formula is C12H8BrClN2O2. The van der Waals surface area contributed by atoms with Gasteiger partial charge in [-0.2, -0.15) is 0 Å². The number of carboxylic acids is 1. The van der Waals surface area contributed by atoms with Gasteiger partial charge >= 0.3 is 5.97 Å². The van der Waals surface area contributed by atoms with Crippen molar-refractivity contribution in [1.29, 1.82) is 0 Å². The predicted octanol–water partition coefficient (Wildman–Crippen LogP) is 3.94. The van der Waals surface area contributed by atoms with Crippen molar-refractivity contribution < 1.29 is 9.90 Å². The van der Waals surface area contributed by atoms with Crippen LogP contribution in [0.1, 0.15) is 10.4 Å². The molecule has 2 N–H and O–H groups in total. The highest BCUT2D eigenvalue weighted by Crippen LogP contribution is 2.29. The number of aromatic carboxylic acids is 1. The van der Waals surface area contributed by atoms with Crippen LogP contribution in [0.25, 0.3) is 0 Å². The summed E-state index contributed by atoms with van der Waals surface area (Å²) in [5, 5.41) is 12.5. The number of pyridine rings is 1. The zero-order chi connectivity index (χ0) is 13.1. The van der Waals surface area contributed by atoms with Crippen LogP contribution in [0.5, 0.6) is 0 Å². The number of benzene rings is 1. The Kier molecular flexibility index (Phi) is 3.84. The fraction of sp³-hybridized carbons (Fsp3) is 0. The third kappa shape index (κ3) is 2.80. The molecule has 0 aliphatic heterocycles. The van der Waals surface area contributed by atoms with Crippen LogP contribution in [0.3, 0.4) is 0 Å². The van der Waals surface area contributed by atoms with Crippen molar-refractivity contribution in [2.75, 3.05) is 5.32 Å². The number of carboxylic acid groups (broad SMARTS) is 1. The van der Waals surface area contributed by atoms with Crippen LogP contribution < -0.4 is 5.32 Å². The molecule has 0 aliphatic rings. The Bertz CT molecular complexity index is 604. The third-order valence-electron chi connectivity index (χ3n) is 2.25. The Morgan fingerprint density at radius 1 is 1.33 bits per heavy atom. The second-order valence-electron chi connectivity index (χ2n) is 3.48. The lowest BCUT2D eigenvalue weighted by molar-refractivity contribution is 0.0697. The van der Waals surface area contributed by atoms with E-state index >= 15 is 0 Å². The molecule has 1 aromatic heterocycles. The molecule has 6 heteroatoms. The Morgan fingerprint density at radius 2 is 2.11 bits per heavy atom. The summed E-state index contributed by atoms with van der Waals surface area (Å²) in [7, 11) is 0. The fourth-order valence-electron chi connectivity index (χ4n) is 1.41. The molecular weight excluding hydrogens is 320 g/mol. The summed E-state index contributed by atoms with van der Waals surface area (Å²) in [5.74, 6) is -1.04. The first-order chi connectivity index (χ1) is 8.58. The average Bonchev–Trinajstić information content (AvgIpc) is 2.34. The van der Waals surface area contributed by atoms with Gasteiger partial charge in [0, 0.05) is 16.9 Å². The van der Waals surface area contributed by atoms with Crippen LogP contribution in [0, 0.1) is 0 Å². The number of rotatable bonds is 3. The Balaban J connectivity index is 2.40. The lowest BCUT2D eigenvalue weighted by atomic mass is 10.2. The van der Waals surface area contributed by atoms with Crippen molar-refractivity contribution in [2.24, 2.45) is 0 Å². The normalized spacial score (nSPS) is 10.1. The number of carbonyl (C=O) groups is 1. The molecule has 0 spiro atoms. The number of nitrogens with zero attached hydrogens (tertiary/aromatic N) is 1. The van der Waals surface area contributed by atoms with E-state index in [1.54, 1.807) is 24.3 Å². The molecule has 0 saturated heterocycles. The first-order valence-corrected chi connectivity index (χ1v) is 6.14. The van der Waals surface area contributed by atoms with E-state index in [9.17, 15) is 4.79 Å². The number of hydrogen-bond donors (Lipinski definition) is 2. The molecule has 92 valence electrons. The smallest absolute Gasteiger partial charge is 0.339 e. The van der Waals surface area contributed by atoms with E-state index in [2.05, 4.69) is 26.2 Å². The van der Waals surface area contributed by atoms with Gasteiger partial charge in [-0.1, -0.05) is 27.5 Å². The molecule has 0 saturated carbocycles. The quantitative estimate of drug-likeness (QED) is 0.896. The van der Waals surface area contributed by atoms with Crippen molar-refractivity contribution in [3.8, 4) is 0 Å². The van der Waals surface area contributed by atoms with Crippen molar-refractivity contribution in [3.63, 3.8) is 0 Å². The maximum atomic E-state index is 11.0. The van der Waals surface area contributed by atoms with Crippen LogP contribution in [-0.4, -0.2) is 16.1 Å². The molecule has 0 atom stereocenters. The summed E-state index contributed by atoms with van der Waals surface area (Å²) in [4.78, 5) is 14.8. The topological polar surface area (TPSA) is 62.2 Å². The maximum absolute atomic E-state index is 11.0. The SMILES string of the molecule is O=C(O)c1cnccc1Nc1cc(Br)ccc1Cl. The van der Waals surface area contributed by atoms with Gasteiger partial charge in [0.1, 0.15) is 5.56 Å². The van der Waals surface area contributed by atoms with Gasteiger partial charge in [0.15, 0.2) is 0 Å². The Labute approximate surface area is 117 Å². The molecule has 4 nitrogen and oxygen atoms in total. The van der Waals surface area contributed by atoms with Crippen molar-refractivity contribution in [2.45, 2.75) is 0 Å². The Hall–Kier alpha value is -1.59. The number of halogens is 2. The van der Waals surface area contributed by atoms with E-state index in [0.717, 1.165) is 4.47 Å². The van der Waals surface area contributed by atoms with E-state index in [0.29, 0.717) is 16.4 Å². The zero-order valence-electron chi connectivity index (χ0n) is 9.02. The van der Waals surface area contributed by atoms with E-state index < -0.39 is 5.97 Å². The summed E-state index contributed by atoms with van der Waals surface area (Å²) >= 11 is 9.36. The van der Waals surface area contributed by atoms with E-state index in [1.807, 2.05) is 0 Å². The number of hydrogen-bond acceptors (Lipinski definition) is 3. The van der Waals surface area contributed by atoms with Gasteiger partial charge in [-0.3, -0.25) is 4.98 Å².